The number of para-hydroxylation sites is 1. The SMILES string of the molecule is c1ccc(C[C@H]2CNC[C@H]2CNc2ccccc2)cc1. The summed E-state index contributed by atoms with van der Waals surface area (Å²) >= 11 is 0. The fourth-order valence-corrected chi connectivity index (χ4v) is 2.99. The van der Waals surface area contributed by atoms with E-state index in [0.29, 0.717) is 5.92 Å². The fraction of sp³-hybridized carbons (Fsp3) is 0.333. The maximum atomic E-state index is 3.56. The summed E-state index contributed by atoms with van der Waals surface area (Å²) in [5.74, 6) is 1.43. The van der Waals surface area contributed by atoms with Gasteiger partial charge in [-0.1, -0.05) is 48.5 Å². The van der Waals surface area contributed by atoms with Gasteiger partial charge < -0.3 is 10.6 Å². The average Bonchev–Trinajstić information content (AvgIpc) is 2.94. The largest absolute Gasteiger partial charge is 0.385 e. The highest BCUT2D eigenvalue weighted by atomic mass is 15.0. The van der Waals surface area contributed by atoms with Crippen LogP contribution < -0.4 is 10.6 Å². The van der Waals surface area contributed by atoms with Gasteiger partial charge in [0, 0.05) is 12.2 Å². The molecule has 0 aliphatic carbocycles. The Morgan fingerprint density at radius 1 is 0.850 bits per heavy atom. The topological polar surface area (TPSA) is 24.1 Å². The molecule has 2 N–H and O–H groups in total. The summed E-state index contributed by atoms with van der Waals surface area (Å²) in [6.45, 7) is 3.31. The van der Waals surface area contributed by atoms with Crippen molar-refractivity contribution >= 4 is 5.69 Å². The Labute approximate surface area is 121 Å². The number of hydrogen-bond donors (Lipinski definition) is 2. The van der Waals surface area contributed by atoms with E-state index in [1.807, 2.05) is 0 Å². The summed E-state index contributed by atoms with van der Waals surface area (Å²) in [7, 11) is 0. The van der Waals surface area contributed by atoms with E-state index in [1.54, 1.807) is 0 Å². The summed E-state index contributed by atoms with van der Waals surface area (Å²) in [5.41, 5.74) is 2.67. The fourth-order valence-electron chi connectivity index (χ4n) is 2.99. The van der Waals surface area contributed by atoms with E-state index in [1.165, 1.54) is 17.7 Å². The first-order valence-electron chi connectivity index (χ1n) is 7.45. The second kappa shape index (κ2) is 6.58. The van der Waals surface area contributed by atoms with Crippen molar-refractivity contribution in [3.8, 4) is 0 Å². The minimum atomic E-state index is 0.704. The minimum Gasteiger partial charge on any atom is -0.385 e. The lowest BCUT2D eigenvalue weighted by molar-refractivity contribution is 0.435. The molecule has 2 nitrogen and oxygen atoms in total. The Morgan fingerprint density at radius 3 is 2.25 bits per heavy atom. The van der Waals surface area contributed by atoms with Gasteiger partial charge in [0.1, 0.15) is 0 Å². The van der Waals surface area contributed by atoms with Crippen LogP contribution >= 0.6 is 0 Å². The van der Waals surface area contributed by atoms with Crippen LogP contribution in [-0.4, -0.2) is 19.6 Å². The highest BCUT2D eigenvalue weighted by Gasteiger charge is 2.26. The number of hydrogen-bond acceptors (Lipinski definition) is 2. The molecule has 1 aliphatic rings. The third kappa shape index (κ3) is 3.40. The van der Waals surface area contributed by atoms with Gasteiger partial charge in [-0.15, -0.1) is 0 Å². The summed E-state index contributed by atoms with van der Waals surface area (Å²) in [6.07, 6.45) is 1.18. The minimum absolute atomic E-state index is 0.704. The molecule has 1 saturated heterocycles. The lowest BCUT2D eigenvalue weighted by Gasteiger charge is -2.19. The van der Waals surface area contributed by atoms with Crippen LogP contribution in [0.25, 0.3) is 0 Å². The second-order valence-electron chi connectivity index (χ2n) is 5.62. The highest BCUT2D eigenvalue weighted by molar-refractivity contribution is 5.42. The molecule has 1 aliphatic heterocycles. The first kappa shape index (κ1) is 13.2. The molecule has 1 heterocycles. The summed E-state index contributed by atoms with van der Waals surface area (Å²) in [5, 5.41) is 7.10. The van der Waals surface area contributed by atoms with Crippen molar-refractivity contribution in [2.45, 2.75) is 6.42 Å². The van der Waals surface area contributed by atoms with Crippen LogP contribution in [0, 0.1) is 11.8 Å². The van der Waals surface area contributed by atoms with Crippen molar-refractivity contribution < 1.29 is 0 Å². The Kier molecular flexibility index (Phi) is 4.34. The molecule has 0 unspecified atom stereocenters. The molecule has 0 amide bonds. The van der Waals surface area contributed by atoms with Gasteiger partial charge in [-0.3, -0.25) is 0 Å². The predicted molar refractivity (Wildman–Crippen MR) is 84.9 cm³/mol. The smallest absolute Gasteiger partial charge is 0.0340 e. The van der Waals surface area contributed by atoms with Crippen LogP contribution in [0.5, 0.6) is 0 Å². The standard InChI is InChI=1S/C18H22N2/c1-3-7-15(8-4-1)11-16-12-19-13-17(16)14-20-18-9-5-2-6-10-18/h1-10,16-17,19-20H,11-14H2/t16-,17-/m0/s1. The van der Waals surface area contributed by atoms with E-state index in [9.17, 15) is 0 Å². The van der Waals surface area contributed by atoms with Crippen LogP contribution in [0.1, 0.15) is 5.56 Å². The van der Waals surface area contributed by atoms with Crippen molar-refractivity contribution in [1.82, 2.24) is 5.32 Å². The van der Waals surface area contributed by atoms with Crippen molar-refractivity contribution in [1.29, 1.82) is 0 Å². The van der Waals surface area contributed by atoms with Gasteiger partial charge in [0.15, 0.2) is 0 Å². The summed E-state index contributed by atoms with van der Waals surface area (Å²) in [4.78, 5) is 0. The zero-order chi connectivity index (χ0) is 13.6. The van der Waals surface area contributed by atoms with Gasteiger partial charge in [0.05, 0.1) is 0 Å². The van der Waals surface area contributed by atoms with Crippen LogP contribution in [0.2, 0.25) is 0 Å². The number of benzene rings is 2. The number of anilines is 1. The maximum absolute atomic E-state index is 3.56. The average molecular weight is 266 g/mol. The molecule has 3 rings (SSSR count). The Morgan fingerprint density at radius 2 is 1.50 bits per heavy atom. The molecular formula is C18H22N2. The first-order chi connectivity index (χ1) is 9.92. The zero-order valence-corrected chi connectivity index (χ0v) is 11.8. The lowest BCUT2D eigenvalue weighted by atomic mass is 9.89. The van der Waals surface area contributed by atoms with E-state index in [-0.39, 0.29) is 0 Å². The molecule has 0 spiro atoms. The molecular weight excluding hydrogens is 244 g/mol. The van der Waals surface area contributed by atoms with Crippen molar-refractivity contribution in [3.63, 3.8) is 0 Å². The van der Waals surface area contributed by atoms with Gasteiger partial charge in [0.25, 0.3) is 0 Å². The normalized spacial score (nSPS) is 21.8. The molecule has 20 heavy (non-hydrogen) atoms. The maximum Gasteiger partial charge on any atom is 0.0340 e. The molecule has 104 valence electrons. The molecule has 1 fully saturated rings. The van der Waals surface area contributed by atoms with Crippen molar-refractivity contribution in [3.05, 3.63) is 66.2 Å². The summed E-state index contributed by atoms with van der Waals surface area (Å²) < 4.78 is 0. The first-order valence-corrected chi connectivity index (χ1v) is 7.45. The quantitative estimate of drug-likeness (QED) is 0.868. The Balaban J connectivity index is 1.56. The van der Waals surface area contributed by atoms with E-state index in [4.69, 9.17) is 0 Å². The molecule has 0 saturated carbocycles. The molecule has 2 aromatic carbocycles. The van der Waals surface area contributed by atoms with Gasteiger partial charge in [-0.25, -0.2) is 0 Å². The molecule has 2 atom stereocenters. The van der Waals surface area contributed by atoms with Gasteiger partial charge >= 0.3 is 0 Å². The van der Waals surface area contributed by atoms with Gasteiger partial charge in [-0.05, 0) is 49.0 Å². The predicted octanol–water partition coefficient (Wildman–Crippen LogP) is 3.18. The lowest BCUT2D eigenvalue weighted by Crippen LogP contribution is -2.23. The molecule has 2 aromatic rings. The molecule has 0 aromatic heterocycles. The number of rotatable bonds is 5. The highest BCUT2D eigenvalue weighted by Crippen LogP contribution is 2.22. The second-order valence-corrected chi connectivity index (χ2v) is 5.62. The van der Waals surface area contributed by atoms with Gasteiger partial charge in [-0.2, -0.15) is 0 Å². The third-order valence-electron chi connectivity index (χ3n) is 4.16. The Hall–Kier alpha value is -1.80. The van der Waals surface area contributed by atoms with Gasteiger partial charge in [0.2, 0.25) is 0 Å². The molecule has 0 radical (unpaired) electrons. The summed E-state index contributed by atoms with van der Waals surface area (Å²) in [6, 6.07) is 21.3. The monoisotopic (exact) mass is 266 g/mol. The molecule has 2 heteroatoms. The van der Waals surface area contributed by atoms with Crippen molar-refractivity contribution in [2.75, 3.05) is 25.0 Å². The van der Waals surface area contributed by atoms with E-state index >= 15 is 0 Å². The van der Waals surface area contributed by atoms with E-state index in [0.717, 1.165) is 25.6 Å². The molecule has 0 bridgehead atoms. The third-order valence-corrected chi connectivity index (χ3v) is 4.16. The van der Waals surface area contributed by atoms with Crippen LogP contribution in [-0.2, 0) is 6.42 Å². The Bertz CT molecular complexity index is 509. The van der Waals surface area contributed by atoms with E-state index in [2.05, 4.69) is 71.3 Å². The van der Waals surface area contributed by atoms with E-state index < -0.39 is 0 Å². The zero-order valence-electron chi connectivity index (χ0n) is 11.8. The number of nitrogens with one attached hydrogen (secondary N) is 2. The van der Waals surface area contributed by atoms with Crippen molar-refractivity contribution in [2.24, 2.45) is 11.8 Å². The van der Waals surface area contributed by atoms with Crippen LogP contribution in [0.4, 0.5) is 5.69 Å². The van der Waals surface area contributed by atoms with Crippen LogP contribution in [0.15, 0.2) is 60.7 Å². The van der Waals surface area contributed by atoms with Crippen LogP contribution in [0.3, 0.4) is 0 Å².